The predicted octanol–water partition coefficient (Wildman–Crippen LogP) is 0.117. The second-order valence-electron chi connectivity index (χ2n) is 2.41. The Balaban J connectivity index is 4.48. The molecule has 0 atom stereocenters. The minimum atomic E-state index is -5.23. The molecule has 80 valence electrons. The molecule has 0 aliphatic carbocycles. The standard InChI is InChI=1S/C5H11F3N2O2S/c1-10(4-2-3-9)13(11,12)5(6,7)8/h2-4,9H2,1H3. The molecule has 4 nitrogen and oxygen atoms in total. The number of hydrogen-bond donors (Lipinski definition) is 1. The third-order valence-electron chi connectivity index (χ3n) is 1.38. The van der Waals surface area contributed by atoms with Crippen LogP contribution >= 0.6 is 0 Å². The maximum Gasteiger partial charge on any atom is 0.511 e. The highest BCUT2D eigenvalue weighted by Crippen LogP contribution is 2.25. The maximum absolute atomic E-state index is 11.9. The van der Waals surface area contributed by atoms with Crippen LogP contribution in [0.4, 0.5) is 13.2 Å². The first-order valence-electron chi connectivity index (χ1n) is 3.46. The van der Waals surface area contributed by atoms with E-state index in [0.29, 0.717) is 0 Å². The van der Waals surface area contributed by atoms with Gasteiger partial charge >= 0.3 is 15.5 Å². The van der Waals surface area contributed by atoms with Crippen LogP contribution in [0.5, 0.6) is 0 Å². The van der Waals surface area contributed by atoms with Crippen molar-refractivity contribution >= 4 is 10.0 Å². The molecule has 0 aromatic carbocycles. The Morgan fingerprint density at radius 2 is 1.85 bits per heavy atom. The lowest BCUT2D eigenvalue weighted by Gasteiger charge is -2.17. The van der Waals surface area contributed by atoms with E-state index in [2.05, 4.69) is 0 Å². The van der Waals surface area contributed by atoms with Gasteiger partial charge < -0.3 is 5.73 Å². The minimum absolute atomic E-state index is 0.151. The van der Waals surface area contributed by atoms with Gasteiger partial charge in [0.1, 0.15) is 0 Å². The smallest absolute Gasteiger partial charge is 0.330 e. The van der Waals surface area contributed by atoms with Gasteiger partial charge in [0.15, 0.2) is 0 Å². The molecule has 0 aromatic heterocycles. The molecule has 13 heavy (non-hydrogen) atoms. The van der Waals surface area contributed by atoms with E-state index in [1.165, 1.54) is 0 Å². The molecule has 0 saturated heterocycles. The summed E-state index contributed by atoms with van der Waals surface area (Å²) in [7, 11) is -4.30. The van der Waals surface area contributed by atoms with Crippen molar-refractivity contribution in [3.8, 4) is 0 Å². The Morgan fingerprint density at radius 3 is 2.15 bits per heavy atom. The highest BCUT2D eigenvalue weighted by molar-refractivity contribution is 7.89. The first-order valence-corrected chi connectivity index (χ1v) is 4.90. The summed E-state index contributed by atoms with van der Waals surface area (Å²) in [6.45, 7) is -0.0734. The topological polar surface area (TPSA) is 63.4 Å². The van der Waals surface area contributed by atoms with Crippen LogP contribution in [0.3, 0.4) is 0 Å². The molecule has 0 rings (SSSR count). The third-order valence-corrected chi connectivity index (χ3v) is 2.97. The summed E-state index contributed by atoms with van der Waals surface area (Å²) in [6.07, 6.45) is 0.200. The van der Waals surface area contributed by atoms with E-state index in [9.17, 15) is 21.6 Å². The van der Waals surface area contributed by atoms with E-state index in [-0.39, 0.29) is 23.8 Å². The zero-order valence-corrected chi connectivity index (χ0v) is 7.82. The Morgan fingerprint density at radius 1 is 1.38 bits per heavy atom. The lowest BCUT2D eigenvalue weighted by molar-refractivity contribution is -0.0482. The lowest BCUT2D eigenvalue weighted by atomic mass is 10.4. The van der Waals surface area contributed by atoms with Crippen LogP contribution in [-0.4, -0.2) is 38.4 Å². The Labute approximate surface area is 74.6 Å². The van der Waals surface area contributed by atoms with Gasteiger partial charge in [-0.15, -0.1) is 0 Å². The van der Waals surface area contributed by atoms with Crippen LogP contribution in [-0.2, 0) is 10.0 Å². The first-order chi connectivity index (χ1) is 5.73. The summed E-state index contributed by atoms with van der Waals surface area (Å²) < 4.78 is 57.0. The monoisotopic (exact) mass is 220 g/mol. The fourth-order valence-electron chi connectivity index (χ4n) is 0.611. The number of sulfonamides is 1. The van der Waals surface area contributed by atoms with E-state index in [1.54, 1.807) is 0 Å². The molecular weight excluding hydrogens is 209 g/mol. The summed E-state index contributed by atoms with van der Waals surface area (Å²) in [6, 6.07) is 0. The van der Waals surface area contributed by atoms with Crippen molar-refractivity contribution in [2.45, 2.75) is 11.9 Å². The molecule has 0 spiro atoms. The molecule has 0 bridgehead atoms. The van der Waals surface area contributed by atoms with Crippen LogP contribution < -0.4 is 5.73 Å². The van der Waals surface area contributed by atoms with Crippen molar-refractivity contribution in [2.24, 2.45) is 5.73 Å². The summed E-state index contributed by atoms with van der Waals surface area (Å²) in [5.41, 5.74) is -0.199. The molecule has 0 saturated carbocycles. The zero-order valence-electron chi connectivity index (χ0n) is 7.00. The number of nitrogens with zero attached hydrogens (tertiary/aromatic N) is 1. The number of rotatable bonds is 4. The molecule has 0 aromatic rings. The molecule has 0 unspecified atom stereocenters. The summed E-state index contributed by atoms with van der Waals surface area (Å²) >= 11 is 0. The fourth-order valence-corrected chi connectivity index (χ4v) is 1.33. The van der Waals surface area contributed by atoms with Crippen molar-refractivity contribution < 1.29 is 21.6 Å². The van der Waals surface area contributed by atoms with Crippen LogP contribution in [0, 0.1) is 0 Å². The predicted molar refractivity (Wildman–Crippen MR) is 41.3 cm³/mol. The van der Waals surface area contributed by atoms with Crippen LogP contribution in [0.25, 0.3) is 0 Å². The van der Waals surface area contributed by atoms with Gasteiger partial charge in [0, 0.05) is 13.6 Å². The second-order valence-corrected chi connectivity index (χ2v) is 4.45. The number of nitrogens with two attached hydrogens (primary N) is 1. The highest BCUT2D eigenvalue weighted by atomic mass is 32.2. The van der Waals surface area contributed by atoms with Crippen molar-refractivity contribution in [1.82, 2.24) is 4.31 Å². The van der Waals surface area contributed by atoms with Crippen molar-refractivity contribution in [3.05, 3.63) is 0 Å². The van der Waals surface area contributed by atoms with E-state index in [4.69, 9.17) is 5.73 Å². The van der Waals surface area contributed by atoms with Gasteiger partial charge in [-0.3, -0.25) is 0 Å². The fraction of sp³-hybridized carbons (Fsp3) is 1.00. The van der Waals surface area contributed by atoms with E-state index < -0.39 is 15.5 Å². The molecule has 2 N–H and O–H groups in total. The van der Waals surface area contributed by atoms with Gasteiger partial charge in [-0.25, -0.2) is 8.42 Å². The molecule has 0 aliphatic rings. The molecule has 8 heteroatoms. The van der Waals surface area contributed by atoms with Gasteiger partial charge in [-0.2, -0.15) is 17.5 Å². The summed E-state index contributed by atoms with van der Waals surface area (Å²) in [5, 5.41) is 0. The third kappa shape index (κ3) is 3.12. The normalized spacial score (nSPS) is 13.7. The molecular formula is C5H11F3N2O2S. The van der Waals surface area contributed by atoms with Crippen molar-refractivity contribution in [1.29, 1.82) is 0 Å². The van der Waals surface area contributed by atoms with Crippen LogP contribution in [0.2, 0.25) is 0 Å². The SMILES string of the molecule is CN(CCCN)S(=O)(=O)C(F)(F)F. The van der Waals surface area contributed by atoms with Gasteiger partial charge in [0.05, 0.1) is 0 Å². The zero-order chi connectivity index (χ0) is 10.7. The maximum atomic E-state index is 11.9. The minimum Gasteiger partial charge on any atom is -0.330 e. The molecule has 0 amide bonds. The van der Waals surface area contributed by atoms with Crippen molar-refractivity contribution in [3.63, 3.8) is 0 Å². The van der Waals surface area contributed by atoms with Crippen LogP contribution in [0.1, 0.15) is 6.42 Å². The van der Waals surface area contributed by atoms with Gasteiger partial charge in [-0.05, 0) is 13.0 Å². The van der Waals surface area contributed by atoms with Gasteiger partial charge in [0.25, 0.3) is 0 Å². The highest BCUT2D eigenvalue weighted by Gasteiger charge is 2.48. The molecule has 0 radical (unpaired) electrons. The van der Waals surface area contributed by atoms with Gasteiger partial charge in [-0.1, -0.05) is 0 Å². The Hall–Kier alpha value is -0.340. The Bertz CT molecular complexity index is 249. The summed E-state index contributed by atoms with van der Waals surface area (Å²) in [4.78, 5) is 0. The first kappa shape index (κ1) is 12.7. The molecule has 0 aliphatic heterocycles. The van der Waals surface area contributed by atoms with Crippen LogP contribution in [0.15, 0.2) is 0 Å². The second kappa shape index (κ2) is 4.25. The average molecular weight is 220 g/mol. The van der Waals surface area contributed by atoms with E-state index in [1.807, 2.05) is 0 Å². The van der Waals surface area contributed by atoms with Crippen molar-refractivity contribution in [2.75, 3.05) is 20.1 Å². The number of alkyl halides is 3. The largest absolute Gasteiger partial charge is 0.511 e. The summed E-state index contributed by atoms with van der Waals surface area (Å²) in [5.74, 6) is 0. The average Bonchev–Trinajstić information content (AvgIpc) is 1.97. The van der Waals surface area contributed by atoms with E-state index >= 15 is 0 Å². The lowest BCUT2D eigenvalue weighted by Crippen LogP contribution is -2.39. The van der Waals surface area contributed by atoms with Gasteiger partial charge in [0.2, 0.25) is 0 Å². The number of halogens is 3. The molecule has 0 heterocycles. The number of hydrogen-bond acceptors (Lipinski definition) is 3. The van der Waals surface area contributed by atoms with E-state index in [0.717, 1.165) is 7.05 Å². The Kier molecular flexibility index (Phi) is 4.14. The molecule has 0 fully saturated rings. The quantitative estimate of drug-likeness (QED) is 0.731.